The van der Waals surface area contributed by atoms with Gasteiger partial charge in [-0.2, -0.15) is 0 Å². The maximum absolute atomic E-state index is 2.40. The van der Waals surface area contributed by atoms with Gasteiger partial charge in [-0.15, -0.1) is 0 Å². The monoisotopic (exact) mass is 378 g/mol. The van der Waals surface area contributed by atoms with Gasteiger partial charge in [-0.3, -0.25) is 0 Å². The highest BCUT2D eigenvalue weighted by Crippen LogP contribution is 2.27. The van der Waals surface area contributed by atoms with Crippen molar-refractivity contribution in [3.63, 3.8) is 0 Å². The van der Waals surface area contributed by atoms with Crippen molar-refractivity contribution in [2.75, 3.05) is 22.9 Å². The van der Waals surface area contributed by atoms with Gasteiger partial charge >= 0.3 is 0 Å². The van der Waals surface area contributed by atoms with Crippen molar-refractivity contribution in [2.24, 2.45) is 0 Å². The van der Waals surface area contributed by atoms with Crippen LogP contribution in [0, 0.1) is 0 Å². The molecule has 0 aliphatic carbocycles. The van der Waals surface area contributed by atoms with Crippen LogP contribution < -0.4 is 9.80 Å². The van der Waals surface area contributed by atoms with Crippen LogP contribution in [0.15, 0.2) is 121 Å². The quantitative estimate of drug-likeness (QED) is 0.324. The van der Waals surface area contributed by atoms with Crippen LogP contribution in [0.4, 0.5) is 22.7 Å². The van der Waals surface area contributed by atoms with Crippen LogP contribution in [0.2, 0.25) is 0 Å². The summed E-state index contributed by atoms with van der Waals surface area (Å²) in [5, 5.41) is 0. The summed E-state index contributed by atoms with van der Waals surface area (Å²) in [6.07, 6.45) is 1.04. The summed E-state index contributed by atoms with van der Waals surface area (Å²) in [4.78, 5) is 4.79. The van der Waals surface area contributed by atoms with E-state index >= 15 is 0 Å². The number of para-hydroxylation sites is 4. The molecule has 0 bridgehead atoms. The highest BCUT2D eigenvalue weighted by atomic mass is 15.2. The summed E-state index contributed by atoms with van der Waals surface area (Å²) in [5.41, 5.74) is 4.91. The summed E-state index contributed by atoms with van der Waals surface area (Å²) >= 11 is 0. The van der Waals surface area contributed by atoms with Gasteiger partial charge in [0.25, 0.3) is 0 Å². The number of hydrogen-bond donors (Lipinski definition) is 0. The van der Waals surface area contributed by atoms with Crippen LogP contribution in [-0.2, 0) is 0 Å². The molecule has 144 valence electrons. The lowest BCUT2D eigenvalue weighted by Crippen LogP contribution is -2.25. The molecule has 0 radical (unpaired) electrons. The van der Waals surface area contributed by atoms with Crippen LogP contribution in [-0.4, -0.2) is 13.1 Å². The molecule has 2 nitrogen and oxygen atoms in total. The minimum absolute atomic E-state index is 0.949. The van der Waals surface area contributed by atoms with Gasteiger partial charge in [0, 0.05) is 35.8 Å². The van der Waals surface area contributed by atoms with E-state index < -0.39 is 0 Å². The summed E-state index contributed by atoms with van der Waals surface area (Å²) in [6.45, 7) is 1.90. The standard InChI is InChI=1S/C27H26N2/c1-5-14-24(15-6-1)28(25-16-7-2-8-17-25)22-13-23-29(26-18-9-3-10-19-26)27-20-11-4-12-21-27/h1-12,14-21H,13,22-23H2. The topological polar surface area (TPSA) is 6.48 Å². The van der Waals surface area contributed by atoms with Crippen LogP contribution in [0.3, 0.4) is 0 Å². The van der Waals surface area contributed by atoms with E-state index in [-0.39, 0.29) is 0 Å². The van der Waals surface area contributed by atoms with Gasteiger partial charge in [-0.1, -0.05) is 72.8 Å². The molecular formula is C27H26N2. The third-order valence-corrected chi connectivity index (χ3v) is 5.03. The fraction of sp³-hybridized carbons (Fsp3) is 0.111. The molecule has 0 heterocycles. The largest absolute Gasteiger partial charge is 0.341 e. The van der Waals surface area contributed by atoms with E-state index in [2.05, 4.69) is 131 Å². The molecule has 0 unspecified atom stereocenters. The van der Waals surface area contributed by atoms with E-state index in [0.29, 0.717) is 0 Å². The average molecular weight is 379 g/mol. The molecule has 4 aromatic carbocycles. The predicted octanol–water partition coefficient (Wildman–Crippen LogP) is 7.05. The fourth-order valence-corrected chi connectivity index (χ4v) is 3.63. The SMILES string of the molecule is c1ccc(N(CCCN(c2ccccc2)c2ccccc2)c2ccccc2)cc1. The number of benzene rings is 4. The summed E-state index contributed by atoms with van der Waals surface area (Å²) < 4.78 is 0. The zero-order valence-electron chi connectivity index (χ0n) is 16.6. The summed E-state index contributed by atoms with van der Waals surface area (Å²) in [7, 11) is 0. The van der Waals surface area contributed by atoms with Crippen LogP contribution in [0.1, 0.15) is 6.42 Å². The second kappa shape index (κ2) is 9.61. The minimum Gasteiger partial charge on any atom is -0.341 e. The van der Waals surface area contributed by atoms with Gasteiger partial charge in [0.2, 0.25) is 0 Å². The summed E-state index contributed by atoms with van der Waals surface area (Å²) in [5.74, 6) is 0. The third-order valence-electron chi connectivity index (χ3n) is 5.03. The molecule has 0 aromatic heterocycles. The second-order valence-electron chi connectivity index (χ2n) is 7.00. The lowest BCUT2D eigenvalue weighted by Gasteiger charge is -2.29. The highest BCUT2D eigenvalue weighted by molar-refractivity contribution is 5.64. The van der Waals surface area contributed by atoms with Crippen molar-refractivity contribution in [2.45, 2.75) is 6.42 Å². The van der Waals surface area contributed by atoms with Crippen molar-refractivity contribution >= 4 is 22.7 Å². The molecule has 0 fully saturated rings. The van der Waals surface area contributed by atoms with Gasteiger partial charge < -0.3 is 9.80 Å². The molecule has 29 heavy (non-hydrogen) atoms. The predicted molar refractivity (Wildman–Crippen MR) is 124 cm³/mol. The Bertz CT molecular complexity index is 808. The Labute approximate surface area is 173 Å². The van der Waals surface area contributed by atoms with Gasteiger partial charge in [-0.05, 0) is 55.0 Å². The molecule has 4 rings (SSSR count). The van der Waals surface area contributed by atoms with Gasteiger partial charge in [0.15, 0.2) is 0 Å². The van der Waals surface area contributed by atoms with Gasteiger partial charge in [-0.25, -0.2) is 0 Å². The molecule has 0 amide bonds. The maximum atomic E-state index is 2.40. The van der Waals surface area contributed by atoms with E-state index in [4.69, 9.17) is 0 Å². The average Bonchev–Trinajstić information content (AvgIpc) is 2.81. The van der Waals surface area contributed by atoms with Gasteiger partial charge in [0.05, 0.1) is 0 Å². The first-order chi connectivity index (χ1) is 14.4. The first-order valence-electron chi connectivity index (χ1n) is 10.2. The molecule has 0 spiro atoms. The van der Waals surface area contributed by atoms with E-state index in [1.54, 1.807) is 0 Å². The van der Waals surface area contributed by atoms with Crippen LogP contribution >= 0.6 is 0 Å². The van der Waals surface area contributed by atoms with Crippen molar-refractivity contribution in [1.29, 1.82) is 0 Å². The Morgan fingerprint density at radius 1 is 0.345 bits per heavy atom. The highest BCUT2D eigenvalue weighted by Gasteiger charge is 2.12. The lowest BCUT2D eigenvalue weighted by molar-refractivity contribution is 0.797. The molecule has 0 aliphatic rings. The molecule has 4 aromatic rings. The first kappa shape index (κ1) is 18.8. The van der Waals surface area contributed by atoms with Crippen molar-refractivity contribution in [1.82, 2.24) is 0 Å². The second-order valence-corrected chi connectivity index (χ2v) is 7.00. The number of hydrogen-bond acceptors (Lipinski definition) is 2. The Balaban J connectivity index is 1.53. The molecule has 0 atom stereocenters. The van der Waals surface area contributed by atoms with E-state index in [1.807, 2.05) is 0 Å². The first-order valence-corrected chi connectivity index (χ1v) is 10.2. The zero-order chi connectivity index (χ0) is 19.7. The number of rotatable bonds is 8. The Morgan fingerprint density at radius 3 is 0.828 bits per heavy atom. The number of anilines is 4. The molecule has 2 heteroatoms. The van der Waals surface area contributed by atoms with E-state index in [1.165, 1.54) is 22.7 Å². The van der Waals surface area contributed by atoms with E-state index in [0.717, 1.165) is 19.5 Å². The van der Waals surface area contributed by atoms with Crippen molar-refractivity contribution in [3.8, 4) is 0 Å². The zero-order valence-corrected chi connectivity index (χ0v) is 16.6. The normalized spacial score (nSPS) is 10.5. The molecule has 0 N–H and O–H groups in total. The molecular weight excluding hydrogens is 352 g/mol. The Hall–Kier alpha value is -3.52. The Kier molecular flexibility index (Phi) is 6.24. The lowest BCUT2D eigenvalue weighted by atomic mass is 10.2. The Morgan fingerprint density at radius 2 is 0.586 bits per heavy atom. The number of nitrogens with zero attached hydrogens (tertiary/aromatic N) is 2. The van der Waals surface area contributed by atoms with Crippen LogP contribution in [0.25, 0.3) is 0 Å². The van der Waals surface area contributed by atoms with Gasteiger partial charge in [0.1, 0.15) is 0 Å². The molecule has 0 aliphatic heterocycles. The van der Waals surface area contributed by atoms with Crippen molar-refractivity contribution in [3.05, 3.63) is 121 Å². The molecule has 0 saturated heterocycles. The third kappa shape index (κ3) is 4.85. The smallest absolute Gasteiger partial charge is 0.0410 e. The minimum atomic E-state index is 0.949. The van der Waals surface area contributed by atoms with Crippen molar-refractivity contribution < 1.29 is 0 Å². The molecule has 0 saturated carbocycles. The fourth-order valence-electron chi connectivity index (χ4n) is 3.63. The summed E-state index contributed by atoms with van der Waals surface area (Å²) in [6, 6.07) is 42.5. The van der Waals surface area contributed by atoms with Crippen LogP contribution in [0.5, 0.6) is 0 Å². The van der Waals surface area contributed by atoms with E-state index in [9.17, 15) is 0 Å². The maximum Gasteiger partial charge on any atom is 0.0410 e.